The van der Waals surface area contributed by atoms with Crippen LogP contribution in [0.15, 0.2) is 59.5 Å². The molecule has 0 radical (unpaired) electrons. The van der Waals surface area contributed by atoms with Crippen molar-refractivity contribution >= 4 is 17.5 Å². The van der Waals surface area contributed by atoms with Gasteiger partial charge in [0.1, 0.15) is 35.8 Å². The summed E-state index contributed by atoms with van der Waals surface area (Å²) in [6.45, 7) is 2.01. The van der Waals surface area contributed by atoms with Gasteiger partial charge in [0.15, 0.2) is 0 Å². The number of hydrogen-bond acceptors (Lipinski definition) is 7. The van der Waals surface area contributed by atoms with Crippen LogP contribution in [0.3, 0.4) is 0 Å². The van der Waals surface area contributed by atoms with Gasteiger partial charge in [0, 0.05) is 25.4 Å². The second-order valence-corrected chi connectivity index (χ2v) is 6.67. The molecule has 144 valence electrons. The van der Waals surface area contributed by atoms with Gasteiger partial charge < -0.3 is 14.8 Å². The number of rotatable bonds is 5. The zero-order chi connectivity index (χ0) is 19.8. The number of fused-ring (bicyclic) bond motifs is 2. The van der Waals surface area contributed by atoms with Gasteiger partial charge in [0.05, 0.1) is 23.9 Å². The van der Waals surface area contributed by atoms with Crippen molar-refractivity contribution in [1.82, 2.24) is 14.3 Å². The summed E-state index contributed by atoms with van der Waals surface area (Å²) in [5, 5.41) is 12.3. The summed E-state index contributed by atoms with van der Waals surface area (Å²) in [4.78, 5) is 11.0. The largest absolute Gasteiger partial charge is 0.487 e. The number of imidazole rings is 1. The molecule has 0 saturated carbocycles. The second kappa shape index (κ2) is 6.87. The number of pyridine rings is 1. The predicted octanol–water partition coefficient (Wildman–Crippen LogP) is 2.84. The summed E-state index contributed by atoms with van der Waals surface area (Å²) in [5.74, 6) is 1.63. The first-order valence-corrected chi connectivity index (χ1v) is 9.28. The molecular weight excluding hydrogens is 368 g/mol. The molecule has 8 heteroatoms. The van der Waals surface area contributed by atoms with Crippen LogP contribution in [-0.4, -0.2) is 47.1 Å². The number of aliphatic imine (C=N–C) groups is 1. The number of nitrogens with zero attached hydrogens (tertiary/aromatic N) is 5. The van der Waals surface area contributed by atoms with E-state index in [1.54, 1.807) is 18.4 Å². The molecule has 0 unspecified atom stereocenters. The molecule has 29 heavy (non-hydrogen) atoms. The molecule has 8 nitrogen and oxygen atoms in total. The lowest BCUT2D eigenvalue weighted by molar-refractivity contribution is 0.321. The van der Waals surface area contributed by atoms with Gasteiger partial charge in [-0.1, -0.05) is 0 Å². The van der Waals surface area contributed by atoms with Crippen molar-refractivity contribution in [1.29, 1.82) is 5.26 Å². The molecule has 4 heterocycles. The van der Waals surface area contributed by atoms with E-state index < -0.39 is 0 Å². The van der Waals surface area contributed by atoms with E-state index in [1.807, 2.05) is 46.8 Å². The van der Waals surface area contributed by atoms with Gasteiger partial charge in [-0.3, -0.25) is 9.30 Å². The smallest absolute Gasteiger partial charge is 0.297 e. The minimum atomic E-state index is 0.422. The molecule has 5 rings (SSSR count). The molecule has 0 fully saturated rings. The zero-order valence-corrected chi connectivity index (χ0v) is 15.8. The van der Waals surface area contributed by atoms with Crippen LogP contribution in [0.4, 0.5) is 5.82 Å². The fraction of sp³-hybridized carbons (Fsp3) is 0.190. The van der Waals surface area contributed by atoms with Crippen molar-refractivity contribution in [2.24, 2.45) is 4.99 Å². The van der Waals surface area contributed by atoms with E-state index in [1.165, 1.54) is 0 Å². The monoisotopic (exact) mass is 386 g/mol. The Kier molecular flexibility index (Phi) is 4.06. The molecule has 0 saturated heterocycles. The zero-order valence-electron chi connectivity index (χ0n) is 15.8. The van der Waals surface area contributed by atoms with Gasteiger partial charge in [-0.05, 0) is 36.4 Å². The molecule has 3 aromatic rings. The fourth-order valence-corrected chi connectivity index (χ4v) is 3.51. The van der Waals surface area contributed by atoms with E-state index in [2.05, 4.69) is 16.4 Å². The molecule has 0 amide bonds. The van der Waals surface area contributed by atoms with E-state index in [9.17, 15) is 0 Å². The molecule has 0 aliphatic carbocycles. The molecule has 2 aliphatic rings. The average Bonchev–Trinajstić information content (AvgIpc) is 3.46. The molecular formula is C21H18N6O2. The number of aromatic nitrogens is 2. The molecule has 1 aromatic carbocycles. The van der Waals surface area contributed by atoms with Crippen LogP contribution in [0.2, 0.25) is 0 Å². The van der Waals surface area contributed by atoms with Crippen LogP contribution in [0.5, 0.6) is 5.75 Å². The van der Waals surface area contributed by atoms with Crippen molar-refractivity contribution in [3.05, 3.63) is 60.1 Å². The van der Waals surface area contributed by atoms with E-state index >= 15 is 0 Å². The van der Waals surface area contributed by atoms with Crippen molar-refractivity contribution in [2.45, 2.75) is 0 Å². The second-order valence-electron chi connectivity index (χ2n) is 6.67. The first-order valence-electron chi connectivity index (χ1n) is 9.28. The number of nitriles is 1. The highest BCUT2D eigenvalue weighted by atomic mass is 16.5. The molecule has 2 aromatic heterocycles. The van der Waals surface area contributed by atoms with Crippen molar-refractivity contribution in [2.75, 3.05) is 32.1 Å². The highest BCUT2D eigenvalue weighted by Crippen LogP contribution is 2.30. The normalized spacial score (nSPS) is 14.8. The average molecular weight is 386 g/mol. The van der Waals surface area contributed by atoms with Crippen LogP contribution in [-0.2, 0) is 4.74 Å². The van der Waals surface area contributed by atoms with Gasteiger partial charge in [-0.15, -0.1) is 0 Å². The number of anilines is 1. The molecule has 0 spiro atoms. The summed E-state index contributed by atoms with van der Waals surface area (Å²) in [7, 11) is 1.86. The van der Waals surface area contributed by atoms with Crippen LogP contribution in [0, 0.1) is 11.3 Å². The Balaban J connectivity index is 1.36. The molecule has 2 aliphatic heterocycles. The van der Waals surface area contributed by atoms with Gasteiger partial charge in [0.25, 0.3) is 6.02 Å². The third-order valence-corrected chi connectivity index (χ3v) is 4.96. The van der Waals surface area contributed by atoms with Crippen LogP contribution >= 0.6 is 0 Å². The lowest BCUT2D eigenvalue weighted by Gasteiger charge is -2.14. The third-order valence-electron chi connectivity index (χ3n) is 4.96. The van der Waals surface area contributed by atoms with E-state index in [0.717, 1.165) is 47.3 Å². The van der Waals surface area contributed by atoms with Gasteiger partial charge in [-0.2, -0.15) is 5.26 Å². The summed E-state index contributed by atoms with van der Waals surface area (Å²) in [6.07, 6.45) is 3.54. The van der Waals surface area contributed by atoms with E-state index in [4.69, 9.17) is 19.7 Å². The van der Waals surface area contributed by atoms with E-state index in [-0.39, 0.29) is 0 Å². The van der Waals surface area contributed by atoms with Crippen molar-refractivity contribution in [3.63, 3.8) is 0 Å². The third kappa shape index (κ3) is 2.93. The molecule has 1 N–H and O–H groups in total. The Morgan fingerprint density at radius 2 is 2.14 bits per heavy atom. The predicted molar refractivity (Wildman–Crippen MR) is 109 cm³/mol. The maximum absolute atomic E-state index is 9.12. The van der Waals surface area contributed by atoms with Crippen LogP contribution in [0.25, 0.3) is 16.9 Å². The lowest BCUT2D eigenvalue weighted by atomic mass is 10.1. The number of benzene rings is 1. The van der Waals surface area contributed by atoms with Gasteiger partial charge in [-0.25, -0.2) is 9.98 Å². The highest BCUT2D eigenvalue weighted by molar-refractivity contribution is 5.80. The minimum Gasteiger partial charge on any atom is -0.487 e. The Morgan fingerprint density at radius 3 is 2.93 bits per heavy atom. The Labute approximate surface area is 167 Å². The van der Waals surface area contributed by atoms with Crippen LogP contribution < -0.4 is 10.1 Å². The summed E-state index contributed by atoms with van der Waals surface area (Å²) in [6, 6.07) is 14.2. The number of nitrogens with one attached hydrogen (secondary N) is 1. The summed E-state index contributed by atoms with van der Waals surface area (Å²) < 4.78 is 13.3. The standard InChI is InChI=1S/C21H18N6O2/c1-23-20-19(25-18-10-14(11-22)6-8-27(18)20)15-2-4-17(5-3-15)28-12-16-13-29-21-24-7-9-26(16)21/h2-6,8,10,13,23H,7,9,12H2,1H3. The minimum absolute atomic E-state index is 0.422. The molecule has 0 bridgehead atoms. The number of hydrogen-bond donors (Lipinski definition) is 1. The topological polar surface area (TPSA) is 87.2 Å². The van der Waals surface area contributed by atoms with Crippen molar-refractivity contribution in [3.8, 4) is 23.1 Å². The maximum Gasteiger partial charge on any atom is 0.297 e. The highest BCUT2D eigenvalue weighted by Gasteiger charge is 2.27. The van der Waals surface area contributed by atoms with Crippen LogP contribution in [0.1, 0.15) is 5.56 Å². The number of ether oxygens (including phenoxy) is 2. The Bertz CT molecular complexity index is 1190. The van der Waals surface area contributed by atoms with Gasteiger partial charge >= 0.3 is 0 Å². The SMILES string of the molecule is CNc1c(-c2ccc(OCC3=COC4=NCCN34)cc2)nc2cc(C#N)ccn12. The van der Waals surface area contributed by atoms with Crippen molar-refractivity contribution < 1.29 is 9.47 Å². The lowest BCUT2D eigenvalue weighted by Crippen LogP contribution is -2.25. The van der Waals surface area contributed by atoms with Gasteiger partial charge in [0.2, 0.25) is 0 Å². The summed E-state index contributed by atoms with van der Waals surface area (Å²) >= 11 is 0. The quantitative estimate of drug-likeness (QED) is 0.726. The maximum atomic E-state index is 9.12. The summed E-state index contributed by atoms with van der Waals surface area (Å²) in [5.41, 5.74) is 4.05. The fourth-order valence-electron chi connectivity index (χ4n) is 3.51. The molecule has 0 atom stereocenters. The Hall–Kier alpha value is -3.99. The Morgan fingerprint density at radius 1 is 1.28 bits per heavy atom. The first-order chi connectivity index (χ1) is 14.3. The van der Waals surface area contributed by atoms with E-state index in [0.29, 0.717) is 18.2 Å². The number of amidine groups is 1. The first kappa shape index (κ1) is 17.1.